The third kappa shape index (κ3) is 3.11. The van der Waals surface area contributed by atoms with Crippen LogP contribution in [0.5, 0.6) is 11.5 Å². The summed E-state index contributed by atoms with van der Waals surface area (Å²) in [5.41, 5.74) is 3.25. The summed E-state index contributed by atoms with van der Waals surface area (Å²) in [7, 11) is 0. The molecule has 0 bridgehead atoms. The standard InChI is InChI=1S/C18H17N3O2S/c1-12(14-3-2-6-19-8-14)20-9-15-10-24-18(21-15)13-4-5-16-17(7-13)23-11-22-16/h2-8,10,12,20H,9,11H2,1H3. The van der Waals surface area contributed by atoms with Crippen LogP contribution in [0.4, 0.5) is 0 Å². The molecule has 2 aromatic heterocycles. The fourth-order valence-corrected chi connectivity index (χ4v) is 3.37. The molecule has 3 heterocycles. The molecule has 4 rings (SSSR count). The van der Waals surface area contributed by atoms with Crippen molar-refractivity contribution in [3.63, 3.8) is 0 Å². The molecule has 0 saturated heterocycles. The van der Waals surface area contributed by atoms with Gasteiger partial charge in [-0.15, -0.1) is 11.3 Å². The van der Waals surface area contributed by atoms with Crippen molar-refractivity contribution in [3.05, 3.63) is 59.4 Å². The first kappa shape index (κ1) is 15.1. The highest BCUT2D eigenvalue weighted by Gasteiger charge is 2.15. The third-order valence-corrected chi connectivity index (χ3v) is 4.89. The number of hydrogen-bond acceptors (Lipinski definition) is 6. The zero-order valence-electron chi connectivity index (χ0n) is 13.2. The zero-order valence-corrected chi connectivity index (χ0v) is 14.0. The summed E-state index contributed by atoms with van der Waals surface area (Å²) in [4.78, 5) is 8.87. The summed E-state index contributed by atoms with van der Waals surface area (Å²) in [6.45, 7) is 3.14. The molecule has 0 amide bonds. The second kappa shape index (κ2) is 6.59. The second-order valence-corrected chi connectivity index (χ2v) is 6.46. The normalized spacial score (nSPS) is 13.9. The van der Waals surface area contributed by atoms with Crippen molar-refractivity contribution in [2.45, 2.75) is 19.5 Å². The van der Waals surface area contributed by atoms with Gasteiger partial charge in [-0.25, -0.2) is 4.98 Å². The van der Waals surface area contributed by atoms with Gasteiger partial charge in [0.25, 0.3) is 0 Å². The third-order valence-electron chi connectivity index (χ3n) is 3.95. The Morgan fingerprint density at radius 1 is 1.25 bits per heavy atom. The molecule has 0 fully saturated rings. The van der Waals surface area contributed by atoms with E-state index in [0.717, 1.165) is 34.3 Å². The number of benzene rings is 1. The van der Waals surface area contributed by atoms with Crippen molar-refractivity contribution >= 4 is 11.3 Å². The Morgan fingerprint density at radius 3 is 3.04 bits per heavy atom. The molecule has 1 aliphatic heterocycles. The Bertz CT molecular complexity index is 835. The fourth-order valence-electron chi connectivity index (χ4n) is 2.56. The molecule has 6 heteroatoms. The fraction of sp³-hybridized carbons (Fsp3) is 0.222. The van der Waals surface area contributed by atoms with Gasteiger partial charge in [-0.3, -0.25) is 4.98 Å². The minimum Gasteiger partial charge on any atom is -0.454 e. The molecule has 5 nitrogen and oxygen atoms in total. The van der Waals surface area contributed by atoms with Crippen LogP contribution in [-0.4, -0.2) is 16.8 Å². The maximum absolute atomic E-state index is 5.43. The summed E-state index contributed by atoms with van der Waals surface area (Å²) in [6.07, 6.45) is 3.67. The van der Waals surface area contributed by atoms with E-state index in [9.17, 15) is 0 Å². The van der Waals surface area contributed by atoms with E-state index in [2.05, 4.69) is 28.7 Å². The average molecular weight is 339 g/mol. The van der Waals surface area contributed by atoms with Gasteiger partial charge in [-0.2, -0.15) is 0 Å². The number of ether oxygens (including phenoxy) is 2. The van der Waals surface area contributed by atoms with Crippen LogP contribution >= 0.6 is 11.3 Å². The van der Waals surface area contributed by atoms with Crippen LogP contribution in [-0.2, 0) is 6.54 Å². The molecular formula is C18H17N3O2S. The van der Waals surface area contributed by atoms with Crippen LogP contribution < -0.4 is 14.8 Å². The van der Waals surface area contributed by atoms with Crippen LogP contribution in [0.25, 0.3) is 10.6 Å². The number of thiazole rings is 1. The van der Waals surface area contributed by atoms with E-state index in [1.807, 2.05) is 30.5 Å². The highest BCUT2D eigenvalue weighted by Crippen LogP contribution is 2.36. The number of fused-ring (bicyclic) bond motifs is 1. The lowest BCUT2D eigenvalue weighted by Gasteiger charge is -2.12. The minimum absolute atomic E-state index is 0.231. The Labute approximate surface area is 144 Å². The molecule has 0 spiro atoms. The van der Waals surface area contributed by atoms with E-state index in [1.165, 1.54) is 5.56 Å². The van der Waals surface area contributed by atoms with Crippen molar-refractivity contribution in [3.8, 4) is 22.1 Å². The van der Waals surface area contributed by atoms with Gasteiger partial charge in [-0.1, -0.05) is 6.07 Å². The number of nitrogens with one attached hydrogen (secondary N) is 1. The topological polar surface area (TPSA) is 56.3 Å². The first-order valence-corrected chi connectivity index (χ1v) is 8.65. The summed E-state index contributed by atoms with van der Waals surface area (Å²) in [5, 5.41) is 6.55. The molecule has 0 saturated carbocycles. The Hall–Kier alpha value is -2.44. The van der Waals surface area contributed by atoms with Gasteiger partial charge in [0.1, 0.15) is 5.01 Å². The number of rotatable bonds is 5. The quantitative estimate of drug-likeness (QED) is 0.766. The largest absolute Gasteiger partial charge is 0.454 e. The first-order valence-electron chi connectivity index (χ1n) is 7.77. The van der Waals surface area contributed by atoms with Crippen molar-refractivity contribution < 1.29 is 9.47 Å². The van der Waals surface area contributed by atoms with Crippen LogP contribution in [0, 0.1) is 0 Å². The van der Waals surface area contributed by atoms with Crippen molar-refractivity contribution in [2.24, 2.45) is 0 Å². The van der Waals surface area contributed by atoms with E-state index in [0.29, 0.717) is 0 Å². The predicted molar refractivity (Wildman–Crippen MR) is 93.2 cm³/mol. The molecule has 122 valence electrons. The number of aromatic nitrogens is 2. The first-order chi connectivity index (χ1) is 11.8. The molecule has 1 aromatic carbocycles. The molecule has 0 aliphatic carbocycles. The number of pyridine rings is 1. The Balaban J connectivity index is 1.43. The zero-order chi connectivity index (χ0) is 16.4. The molecule has 1 N–H and O–H groups in total. The van der Waals surface area contributed by atoms with Gasteiger partial charge in [0, 0.05) is 35.9 Å². The maximum Gasteiger partial charge on any atom is 0.231 e. The van der Waals surface area contributed by atoms with E-state index < -0.39 is 0 Å². The van der Waals surface area contributed by atoms with Gasteiger partial charge in [0.15, 0.2) is 11.5 Å². The molecule has 1 unspecified atom stereocenters. The number of nitrogens with zero attached hydrogens (tertiary/aromatic N) is 2. The second-order valence-electron chi connectivity index (χ2n) is 5.60. The van der Waals surface area contributed by atoms with Crippen LogP contribution in [0.15, 0.2) is 48.1 Å². The highest BCUT2D eigenvalue weighted by molar-refractivity contribution is 7.13. The molecule has 1 aliphatic rings. The lowest BCUT2D eigenvalue weighted by atomic mass is 10.1. The van der Waals surface area contributed by atoms with Crippen molar-refractivity contribution in [1.82, 2.24) is 15.3 Å². The summed E-state index contributed by atoms with van der Waals surface area (Å²) < 4.78 is 10.8. The van der Waals surface area contributed by atoms with E-state index in [4.69, 9.17) is 14.5 Å². The summed E-state index contributed by atoms with van der Waals surface area (Å²) >= 11 is 1.64. The molecule has 24 heavy (non-hydrogen) atoms. The highest BCUT2D eigenvalue weighted by atomic mass is 32.1. The van der Waals surface area contributed by atoms with Gasteiger partial charge < -0.3 is 14.8 Å². The maximum atomic E-state index is 5.43. The smallest absolute Gasteiger partial charge is 0.231 e. The summed E-state index contributed by atoms with van der Waals surface area (Å²) in [5.74, 6) is 1.58. The predicted octanol–water partition coefficient (Wildman–Crippen LogP) is 3.78. The SMILES string of the molecule is CC(NCc1csc(-c2ccc3c(c2)OCO3)n1)c1cccnc1. The molecular weight excluding hydrogens is 322 g/mol. The lowest BCUT2D eigenvalue weighted by molar-refractivity contribution is 0.174. The Morgan fingerprint density at radius 2 is 2.17 bits per heavy atom. The Kier molecular flexibility index (Phi) is 4.15. The molecule has 0 radical (unpaired) electrons. The van der Waals surface area contributed by atoms with Crippen molar-refractivity contribution in [2.75, 3.05) is 6.79 Å². The van der Waals surface area contributed by atoms with Crippen LogP contribution in [0.1, 0.15) is 24.2 Å². The van der Waals surface area contributed by atoms with Gasteiger partial charge >= 0.3 is 0 Å². The van der Waals surface area contributed by atoms with Gasteiger partial charge in [0.2, 0.25) is 6.79 Å². The average Bonchev–Trinajstić information content (AvgIpc) is 3.29. The monoisotopic (exact) mass is 339 g/mol. The molecule has 3 aromatic rings. The minimum atomic E-state index is 0.231. The van der Waals surface area contributed by atoms with Gasteiger partial charge in [0.05, 0.1) is 5.69 Å². The van der Waals surface area contributed by atoms with E-state index in [1.54, 1.807) is 17.5 Å². The number of hydrogen-bond donors (Lipinski definition) is 1. The summed E-state index contributed by atoms with van der Waals surface area (Å²) in [6, 6.07) is 10.2. The van der Waals surface area contributed by atoms with Crippen LogP contribution in [0.3, 0.4) is 0 Å². The molecule has 1 atom stereocenters. The van der Waals surface area contributed by atoms with Crippen LogP contribution in [0.2, 0.25) is 0 Å². The van der Waals surface area contributed by atoms with E-state index in [-0.39, 0.29) is 12.8 Å². The van der Waals surface area contributed by atoms with Gasteiger partial charge in [-0.05, 0) is 36.8 Å². The lowest BCUT2D eigenvalue weighted by Crippen LogP contribution is -2.18. The van der Waals surface area contributed by atoms with E-state index >= 15 is 0 Å². The van der Waals surface area contributed by atoms with Crippen molar-refractivity contribution in [1.29, 1.82) is 0 Å².